The lowest BCUT2D eigenvalue weighted by Crippen LogP contribution is -2.23. The van der Waals surface area contributed by atoms with Crippen molar-refractivity contribution in [2.75, 3.05) is 5.32 Å². The fourth-order valence-electron chi connectivity index (χ4n) is 3.41. The van der Waals surface area contributed by atoms with Crippen LogP contribution in [0.25, 0.3) is 22.4 Å². The lowest BCUT2D eigenvalue weighted by molar-refractivity contribution is 0.462. The summed E-state index contributed by atoms with van der Waals surface area (Å²) in [6, 6.07) is 14.7. The molecule has 1 aliphatic carbocycles. The van der Waals surface area contributed by atoms with Crippen LogP contribution < -0.4 is 5.32 Å². The summed E-state index contributed by atoms with van der Waals surface area (Å²) in [6.07, 6.45) is 6.38. The van der Waals surface area contributed by atoms with E-state index in [4.69, 9.17) is 9.97 Å². The van der Waals surface area contributed by atoms with Gasteiger partial charge in [0.15, 0.2) is 5.82 Å². The number of nitrogens with zero attached hydrogens (tertiary/aromatic N) is 3. The van der Waals surface area contributed by atoms with E-state index in [1.54, 1.807) is 0 Å². The Hall–Kier alpha value is -2.49. The summed E-state index contributed by atoms with van der Waals surface area (Å²) in [5.41, 5.74) is 2.77. The van der Waals surface area contributed by atoms with Crippen LogP contribution in [0.15, 0.2) is 42.5 Å². The Balaban J connectivity index is 1.78. The third kappa shape index (κ3) is 3.09. The lowest BCUT2D eigenvalue weighted by Gasteiger charge is -2.24. The number of hydrogen-bond donors (Lipinski definition) is 1. The van der Waals surface area contributed by atoms with E-state index in [2.05, 4.69) is 16.4 Å². The first-order valence-electron chi connectivity index (χ1n) is 8.77. The predicted octanol–water partition coefficient (Wildman–Crippen LogP) is 4.74. The van der Waals surface area contributed by atoms with Gasteiger partial charge in [-0.15, -0.1) is 0 Å². The Labute approximate surface area is 142 Å². The average molecular weight is 318 g/mol. The van der Waals surface area contributed by atoms with E-state index in [1.807, 2.05) is 43.3 Å². The van der Waals surface area contributed by atoms with Crippen LogP contribution in [0.1, 0.15) is 37.8 Å². The fraction of sp³-hybridized carbons (Fsp3) is 0.350. The molecule has 4 rings (SSSR count). The van der Waals surface area contributed by atoms with Gasteiger partial charge in [-0.25, -0.2) is 15.0 Å². The zero-order valence-electron chi connectivity index (χ0n) is 14.0. The smallest absolute Gasteiger partial charge is 0.180 e. The highest BCUT2D eigenvalue weighted by Crippen LogP contribution is 2.27. The molecule has 1 aromatic carbocycles. The summed E-state index contributed by atoms with van der Waals surface area (Å²) in [5, 5.41) is 4.75. The van der Waals surface area contributed by atoms with Crippen LogP contribution in [-0.4, -0.2) is 21.0 Å². The van der Waals surface area contributed by atoms with Crippen molar-refractivity contribution in [3.63, 3.8) is 0 Å². The molecule has 0 atom stereocenters. The van der Waals surface area contributed by atoms with Crippen molar-refractivity contribution in [2.45, 2.75) is 45.1 Å². The average Bonchev–Trinajstić information content (AvgIpc) is 2.62. The Kier molecular flexibility index (Phi) is 4.11. The first-order valence-corrected chi connectivity index (χ1v) is 8.77. The SMILES string of the molecule is Cc1cccc(-c2nc(NC3CCCCC3)c3ccccc3n2)n1. The van der Waals surface area contributed by atoms with Crippen molar-refractivity contribution in [2.24, 2.45) is 0 Å². The minimum absolute atomic E-state index is 0.510. The van der Waals surface area contributed by atoms with Gasteiger partial charge in [0.2, 0.25) is 0 Å². The van der Waals surface area contributed by atoms with Crippen LogP contribution >= 0.6 is 0 Å². The quantitative estimate of drug-likeness (QED) is 0.757. The summed E-state index contributed by atoms with van der Waals surface area (Å²) in [7, 11) is 0. The Morgan fingerprint density at radius 1 is 0.875 bits per heavy atom. The number of hydrogen-bond acceptors (Lipinski definition) is 4. The van der Waals surface area contributed by atoms with Crippen molar-refractivity contribution in [1.29, 1.82) is 0 Å². The Bertz CT molecular complexity index is 853. The number of nitrogens with one attached hydrogen (secondary N) is 1. The van der Waals surface area contributed by atoms with Gasteiger partial charge < -0.3 is 5.32 Å². The van der Waals surface area contributed by atoms with Crippen molar-refractivity contribution < 1.29 is 0 Å². The van der Waals surface area contributed by atoms with Gasteiger partial charge in [0.05, 0.1) is 5.52 Å². The van der Waals surface area contributed by atoms with Crippen molar-refractivity contribution in [1.82, 2.24) is 15.0 Å². The lowest BCUT2D eigenvalue weighted by atomic mass is 9.95. The monoisotopic (exact) mass is 318 g/mol. The second kappa shape index (κ2) is 6.56. The molecule has 4 heteroatoms. The fourth-order valence-corrected chi connectivity index (χ4v) is 3.41. The first-order chi connectivity index (χ1) is 11.8. The number of rotatable bonds is 3. The Morgan fingerprint density at radius 3 is 2.54 bits per heavy atom. The molecule has 122 valence electrons. The second-order valence-electron chi connectivity index (χ2n) is 6.56. The summed E-state index contributed by atoms with van der Waals surface area (Å²) in [4.78, 5) is 14.1. The highest BCUT2D eigenvalue weighted by atomic mass is 15.1. The molecule has 0 aliphatic heterocycles. The largest absolute Gasteiger partial charge is 0.367 e. The van der Waals surface area contributed by atoms with Gasteiger partial charge in [0.1, 0.15) is 11.5 Å². The zero-order valence-corrected chi connectivity index (χ0v) is 14.0. The Morgan fingerprint density at radius 2 is 1.71 bits per heavy atom. The molecule has 1 saturated carbocycles. The number of para-hydroxylation sites is 1. The third-order valence-corrected chi connectivity index (χ3v) is 4.67. The van der Waals surface area contributed by atoms with Crippen molar-refractivity contribution in [3.8, 4) is 11.5 Å². The van der Waals surface area contributed by atoms with Crippen LogP contribution in [0.5, 0.6) is 0 Å². The molecule has 0 saturated heterocycles. The maximum atomic E-state index is 4.82. The summed E-state index contributed by atoms with van der Waals surface area (Å²) < 4.78 is 0. The van der Waals surface area contributed by atoms with Gasteiger partial charge in [-0.3, -0.25) is 0 Å². The standard InChI is InChI=1S/C20H22N4/c1-14-8-7-13-18(21-14)20-23-17-12-6-5-11-16(17)19(24-20)22-15-9-3-2-4-10-15/h5-8,11-13,15H,2-4,9-10H2,1H3,(H,22,23,24). The number of aryl methyl sites for hydroxylation is 1. The van der Waals surface area contributed by atoms with Crippen LogP contribution in [-0.2, 0) is 0 Å². The van der Waals surface area contributed by atoms with Gasteiger partial charge in [-0.1, -0.05) is 37.5 Å². The topological polar surface area (TPSA) is 50.7 Å². The first kappa shape index (κ1) is 15.1. The maximum absolute atomic E-state index is 4.82. The van der Waals surface area contributed by atoms with E-state index in [9.17, 15) is 0 Å². The molecule has 1 aliphatic rings. The van der Waals surface area contributed by atoms with Gasteiger partial charge in [0, 0.05) is 17.1 Å². The van der Waals surface area contributed by atoms with Crippen molar-refractivity contribution >= 4 is 16.7 Å². The molecule has 1 fully saturated rings. The second-order valence-corrected chi connectivity index (χ2v) is 6.56. The van der Waals surface area contributed by atoms with Crippen LogP contribution in [0.3, 0.4) is 0 Å². The molecule has 0 spiro atoms. The number of benzene rings is 1. The number of aromatic nitrogens is 3. The molecule has 1 N–H and O–H groups in total. The van der Waals surface area contributed by atoms with E-state index >= 15 is 0 Å². The van der Waals surface area contributed by atoms with Crippen LogP contribution in [0, 0.1) is 6.92 Å². The molecular formula is C20H22N4. The molecular weight excluding hydrogens is 296 g/mol. The van der Waals surface area contributed by atoms with E-state index in [-0.39, 0.29) is 0 Å². The van der Waals surface area contributed by atoms with E-state index in [0.29, 0.717) is 11.9 Å². The summed E-state index contributed by atoms with van der Waals surface area (Å²) in [5.74, 6) is 1.63. The molecule has 0 amide bonds. The molecule has 0 radical (unpaired) electrons. The van der Waals surface area contributed by atoms with Gasteiger partial charge in [-0.2, -0.15) is 0 Å². The molecule has 4 nitrogen and oxygen atoms in total. The maximum Gasteiger partial charge on any atom is 0.180 e. The van der Waals surface area contributed by atoms with E-state index in [0.717, 1.165) is 28.1 Å². The van der Waals surface area contributed by atoms with Gasteiger partial charge >= 0.3 is 0 Å². The van der Waals surface area contributed by atoms with Crippen LogP contribution in [0.2, 0.25) is 0 Å². The predicted molar refractivity (Wildman–Crippen MR) is 98.0 cm³/mol. The number of anilines is 1. The van der Waals surface area contributed by atoms with Crippen molar-refractivity contribution in [3.05, 3.63) is 48.2 Å². The van der Waals surface area contributed by atoms with Gasteiger partial charge in [-0.05, 0) is 44.0 Å². The minimum atomic E-state index is 0.510. The van der Waals surface area contributed by atoms with E-state index in [1.165, 1.54) is 32.1 Å². The summed E-state index contributed by atoms with van der Waals surface area (Å²) in [6.45, 7) is 1.99. The molecule has 3 aromatic rings. The highest BCUT2D eigenvalue weighted by molar-refractivity contribution is 5.90. The highest BCUT2D eigenvalue weighted by Gasteiger charge is 2.16. The zero-order chi connectivity index (χ0) is 16.4. The molecule has 2 heterocycles. The molecule has 2 aromatic heterocycles. The van der Waals surface area contributed by atoms with Gasteiger partial charge in [0.25, 0.3) is 0 Å². The molecule has 0 unspecified atom stereocenters. The summed E-state index contributed by atoms with van der Waals surface area (Å²) >= 11 is 0. The van der Waals surface area contributed by atoms with Crippen LogP contribution in [0.4, 0.5) is 5.82 Å². The number of fused-ring (bicyclic) bond motifs is 1. The minimum Gasteiger partial charge on any atom is -0.367 e. The molecule has 0 bridgehead atoms. The molecule has 24 heavy (non-hydrogen) atoms. The third-order valence-electron chi connectivity index (χ3n) is 4.67. The number of pyridine rings is 1. The normalized spacial score (nSPS) is 15.5. The van der Waals surface area contributed by atoms with E-state index < -0.39 is 0 Å².